The Labute approximate surface area is 196 Å². The number of aromatic amines is 1. The molecule has 0 aliphatic carbocycles. The third kappa shape index (κ3) is 4.30. The van der Waals surface area contributed by atoms with Gasteiger partial charge in [0.1, 0.15) is 6.61 Å². The molecule has 0 saturated carbocycles. The lowest BCUT2D eigenvalue weighted by Gasteiger charge is -2.24. The third-order valence-electron chi connectivity index (χ3n) is 6.53. The Hall–Kier alpha value is -3.62. The molecule has 2 N–H and O–H groups in total. The Morgan fingerprint density at radius 1 is 1.12 bits per heavy atom. The van der Waals surface area contributed by atoms with Crippen LogP contribution in [0, 0.1) is 0 Å². The van der Waals surface area contributed by atoms with Gasteiger partial charge in [-0.05, 0) is 36.1 Å². The van der Waals surface area contributed by atoms with Gasteiger partial charge in [-0.1, -0.05) is 36.4 Å². The SMILES string of the molecule is CO[C@@H]1C[C@@H](COn2c(-c3cc4ccccc4[nH]c3=O)cc3ccccc32)N(CCC(=O)O)C1. The van der Waals surface area contributed by atoms with Crippen LogP contribution in [-0.2, 0) is 9.53 Å². The number of nitrogens with zero attached hydrogens (tertiary/aromatic N) is 2. The smallest absolute Gasteiger partial charge is 0.304 e. The zero-order valence-corrected chi connectivity index (χ0v) is 18.9. The number of aliphatic carboxylic acids is 1. The minimum atomic E-state index is -0.824. The average Bonchev–Trinajstić information content (AvgIpc) is 3.41. The van der Waals surface area contributed by atoms with E-state index in [1.165, 1.54) is 0 Å². The molecule has 1 fully saturated rings. The zero-order valence-electron chi connectivity index (χ0n) is 18.9. The molecular formula is C26H27N3O5. The van der Waals surface area contributed by atoms with Crippen LogP contribution in [0.2, 0.25) is 0 Å². The molecule has 0 radical (unpaired) electrons. The molecule has 8 heteroatoms. The Balaban J connectivity index is 1.49. The molecule has 0 amide bonds. The fourth-order valence-electron chi connectivity index (χ4n) is 4.75. The summed E-state index contributed by atoms with van der Waals surface area (Å²) < 4.78 is 7.26. The number of H-pyrrole nitrogens is 1. The van der Waals surface area contributed by atoms with E-state index in [1.807, 2.05) is 60.7 Å². The van der Waals surface area contributed by atoms with Gasteiger partial charge >= 0.3 is 5.97 Å². The number of carboxylic acid groups (broad SMARTS) is 1. The van der Waals surface area contributed by atoms with E-state index in [9.17, 15) is 9.59 Å². The summed E-state index contributed by atoms with van der Waals surface area (Å²) in [6.07, 6.45) is 0.852. The fraction of sp³-hybridized carbons (Fsp3) is 0.308. The molecule has 4 aromatic rings. The van der Waals surface area contributed by atoms with E-state index in [2.05, 4.69) is 9.88 Å². The minimum Gasteiger partial charge on any atom is -0.481 e. The van der Waals surface area contributed by atoms with E-state index < -0.39 is 5.97 Å². The number of ether oxygens (including phenoxy) is 1. The van der Waals surface area contributed by atoms with Crippen molar-refractivity contribution in [3.63, 3.8) is 0 Å². The minimum absolute atomic E-state index is 0.00759. The van der Waals surface area contributed by atoms with Crippen LogP contribution < -0.4 is 10.4 Å². The maximum absolute atomic E-state index is 13.0. The summed E-state index contributed by atoms with van der Waals surface area (Å²) in [6.45, 7) is 1.45. The number of methoxy groups -OCH3 is 1. The monoisotopic (exact) mass is 461 g/mol. The molecule has 0 spiro atoms. The van der Waals surface area contributed by atoms with Gasteiger partial charge < -0.3 is 19.7 Å². The molecule has 8 nitrogen and oxygen atoms in total. The summed E-state index contributed by atoms with van der Waals surface area (Å²) in [5, 5.41) is 11.0. The fourth-order valence-corrected chi connectivity index (χ4v) is 4.75. The molecule has 176 valence electrons. The lowest BCUT2D eigenvalue weighted by molar-refractivity contribution is -0.137. The van der Waals surface area contributed by atoms with Crippen molar-refractivity contribution in [2.75, 3.05) is 26.8 Å². The van der Waals surface area contributed by atoms with Gasteiger partial charge in [-0.15, -0.1) is 0 Å². The number of aromatic nitrogens is 2. The molecule has 0 unspecified atom stereocenters. The van der Waals surface area contributed by atoms with E-state index in [0.717, 1.165) is 28.2 Å². The largest absolute Gasteiger partial charge is 0.481 e. The Bertz CT molecular complexity index is 1390. The predicted molar refractivity (Wildman–Crippen MR) is 130 cm³/mol. The number of carbonyl (C=O) groups is 1. The average molecular weight is 462 g/mol. The Kier molecular flexibility index (Phi) is 6.08. The second kappa shape index (κ2) is 9.32. The number of pyridine rings is 1. The van der Waals surface area contributed by atoms with Gasteiger partial charge in [0.15, 0.2) is 0 Å². The van der Waals surface area contributed by atoms with Gasteiger partial charge in [-0.25, -0.2) is 0 Å². The van der Waals surface area contributed by atoms with Crippen molar-refractivity contribution in [1.29, 1.82) is 0 Å². The molecule has 0 bridgehead atoms. The molecule has 2 aromatic carbocycles. The lowest BCUT2D eigenvalue weighted by atomic mass is 10.1. The van der Waals surface area contributed by atoms with E-state index in [1.54, 1.807) is 11.8 Å². The van der Waals surface area contributed by atoms with Crippen LogP contribution >= 0.6 is 0 Å². The molecule has 34 heavy (non-hydrogen) atoms. The number of likely N-dealkylation sites (tertiary alicyclic amines) is 1. The number of hydrogen-bond acceptors (Lipinski definition) is 5. The second-order valence-electron chi connectivity index (χ2n) is 8.66. The summed E-state index contributed by atoms with van der Waals surface area (Å²) in [6, 6.07) is 19.4. The van der Waals surface area contributed by atoms with Crippen molar-refractivity contribution in [1.82, 2.24) is 14.6 Å². The number of nitrogens with one attached hydrogen (secondary N) is 1. The van der Waals surface area contributed by atoms with Gasteiger partial charge in [0.05, 0.1) is 29.3 Å². The number of hydrogen-bond donors (Lipinski definition) is 2. The highest BCUT2D eigenvalue weighted by Gasteiger charge is 2.33. The highest BCUT2D eigenvalue weighted by atomic mass is 16.7. The first-order valence-electron chi connectivity index (χ1n) is 11.4. The van der Waals surface area contributed by atoms with Gasteiger partial charge in [-0.3, -0.25) is 14.5 Å². The lowest BCUT2D eigenvalue weighted by Crippen LogP contribution is -2.37. The van der Waals surface area contributed by atoms with Gasteiger partial charge in [0, 0.05) is 37.1 Å². The van der Waals surface area contributed by atoms with E-state index in [-0.39, 0.29) is 24.1 Å². The second-order valence-corrected chi connectivity index (χ2v) is 8.66. The van der Waals surface area contributed by atoms with Crippen molar-refractivity contribution in [2.45, 2.75) is 25.0 Å². The van der Waals surface area contributed by atoms with Crippen molar-refractivity contribution in [2.24, 2.45) is 0 Å². The van der Waals surface area contributed by atoms with Crippen LogP contribution in [0.5, 0.6) is 0 Å². The summed E-state index contributed by atoms with van der Waals surface area (Å²) >= 11 is 0. The molecule has 2 aromatic heterocycles. The number of rotatable bonds is 8. The van der Waals surface area contributed by atoms with Crippen LogP contribution in [0.15, 0.2) is 65.5 Å². The van der Waals surface area contributed by atoms with Gasteiger partial charge in [-0.2, -0.15) is 4.73 Å². The molecular weight excluding hydrogens is 434 g/mol. The maximum atomic E-state index is 13.0. The third-order valence-corrected chi connectivity index (χ3v) is 6.53. The van der Waals surface area contributed by atoms with Crippen LogP contribution in [0.4, 0.5) is 0 Å². The number of fused-ring (bicyclic) bond motifs is 2. The van der Waals surface area contributed by atoms with Crippen LogP contribution in [0.1, 0.15) is 12.8 Å². The van der Waals surface area contributed by atoms with Crippen molar-refractivity contribution in [3.05, 3.63) is 71.0 Å². The van der Waals surface area contributed by atoms with Gasteiger partial charge in [0.2, 0.25) is 0 Å². The number of para-hydroxylation sites is 2. The quantitative estimate of drug-likeness (QED) is 0.419. The van der Waals surface area contributed by atoms with Crippen LogP contribution in [0.3, 0.4) is 0 Å². The summed E-state index contributed by atoms with van der Waals surface area (Å²) in [5.41, 5.74) is 2.66. The maximum Gasteiger partial charge on any atom is 0.304 e. The van der Waals surface area contributed by atoms with Crippen molar-refractivity contribution < 1.29 is 19.5 Å². The summed E-state index contributed by atoms with van der Waals surface area (Å²) in [7, 11) is 1.67. The predicted octanol–water partition coefficient (Wildman–Crippen LogP) is 3.14. The zero-order chi connectivity index (χ0) is 23.7. The highest BCUT2D eigenvalue weighted by molar-refractivity contribution is 5.89. The summed E-state index contributed by atoms with van der Waals surface area (Å²) in [4.78, 5) is 35.5. The summed E-state index contributed by atoms with van der Waals surface area (Å²) in [5.74, 6) is -0.824. The van der Waals surface area contributed by atoms with E-state index >= 15 is 0 Å². The Morgan fingerprint density at radius 2 is 1.88 bits per heavy atom. The molecule has 5 rings (SSSR count). The van der Waals surface area contributed by atoms with Crippen LogP contribution in [-0.4, -0.2) is 64.6 Å². The van der Waals surface area contributed by atoms with E-state index in [0.29, 0.717) is 31.0 Å². The first-order chi connectivity index (χ1) is 16.5. The van der Waals surface area contributed by atoms with E-state index in [4.69, 9.17) is 14.7 Å². The van der Waals surface area contributed by atoms with Crippen molar-refractivity contribution in [3.8, 4) is 11.3 Å². The first kappa shape index (κ1) is 22.2. The number of carboxylic acids is 1. The first-order valence-corrected chi connectivity index (χ1v) is 11.4. The molecule has 3 heterocycles. The molecule has 1 aliphatic heterocycles. The van der Waals surface area contributed by atoms with Crippen LogP contribution in [0.25, 0.3) is 33.1 Å². The van der Waals surface area contributed by atoms with Gasteiger partial charge in [0.25, 0.3) is 5.56 Å². The molecule has 2 atom stereocenters. The Morgan fingerprint density at radius 3 is 2.68 bits per heavy atom. The highest BCUT2D eigenvalue weighted by Crippen LogP contribution is 2.28. The molecule has 1 saturated heterocycles. The number of benzene rings is 2. The normalized spacial score (nSPS) is 18.6. The molecule has 1 aliphatic rings. The van der Waals surface area contributed by atoms with Crippen molar-refractivity contribution >= 4 is 27.8 Å². The standard InChI is InChI=1S/C26H27N3O5/c1-33-20-14-19(28(15-20)11-10-25(30)31)16-34-29-23-9-5-3-7-18(23)13-24(29)21-12-17-6-2-4-8-22(17)27-26(21)32/h2-9,12-13,19-20H,10-11,14-16H2,1H3,(H,27,32)(H,30,31)/t19-,20+/m0/s1. The topological polar surface area (TPSA) is 96.8 Å².